The van der Waals surface area contributed by atoms with E-state index < -0.39 is 0 Å². The lowest BCUT2D eigenvalue weighted by molar-refractivity contribution is 0.278. The molecule has 0 saturated heterocycles. The average molecular weight is 206 g/mol. The van der Waals surface area contributed by atoms with Crippen LogP contribution in [-0.2, 0) is 0 Å². The molecule has 0 aromatic rings. The Morgan fingerprint density at radius 2 is 1.54 bits per heavy atom. The number of halogens is 1. The van der Waals surface area contributed by atoms with E-state index in [9.17, 15) is 0 Å². The molecule has 0 saturated carbocycles. The van der Waals surface area contributed by atoms with Crippen molar-refractivity contribution in [3.63, 3.8) is 0 Å². The number of rotatable bonds is 7. The summed E-state index contributed by atoms with van der Waals surface area (Å²) in [5.41, 5.74) is 1.30. The van der Waals surface area contributed by atoms with Gasteiger partial charge in [0.15, 0.2) is 0 Å². The van der Waals surface area contributed by atoms with E-state index in [1.54, 1.807) is 0 Å². The first-order valence-electron chi connectivity index (χ1n) is 5.07. The second-order valence-electron chi connectivity index (χ2n) is 3.55. The maximum Gasteiger partial charge on any atom is 0.00184 e. The van der Waals surface area contributed by atoms with Crippen LogP contribution in [0.3, 0.4) is 0 Å². The Kier molecular flexibility index (Phi) is 12.0. The van der Waals surface area contributed by atoms with E-state index in [4.69, 9.17) is 0 Å². The predicted molar refractivity (Wildman–Crippen MR) is 63.7 cm³/mol. The Hall–Kier alpha value is -0.0100. The molecule has 0 rings (SSSR count). The van der Waals surface area contributed by atoms with Crippen LogP contribution in [-0.4, -0.2) is 24.5 Å². The second kappa shape index (κ2) is 10.1. The first-order chi connectivity index (χ1) is 5.70. The quantitative estimate of drug-likeness (QED) is 0.576. The highest BCUT2D eigenvalue weighted by atomic mass is 35.5. The zero-order valence-corrected chi connectivity index (χ0v) is 10.1. The molecular formula is C11H24ClN. The molecule has 0 aromatic heterocycles. The average Bonchev–Trinajstić information content (AvgIpc) is 2.01. The standard InChI is InChI=1S/C11H23N.ClH/c1-5-8-12(9-6-2)10-7-11(3)4;/h3,5-10H2,1-2,4H3;1H. The monoisotopic (exact) mass is 205 g/mol. The molecule has 0 bridgehead atoms. The van der Waals surface area contributed by atoms with Gasteiger partial charge in [-0.15, -0.1) is 19.0 Å². The highest BCUT2D eigenvalue weighted by molar-refractivity contribution is 5.85. The maximum atomic E-state index is 3.92. The van der Waals surface area contributed by atoms with E-state index >= 15 is 0 Å². The Morgan fingerprint density at radius 1 is 1.08 bits per heavy atom. The van der Waals surface area contributed by atoms with Gasteiger partial charge in [-0.1, -0.05) is 19.4 Å². The second-order valence-corrected chi connectivity index (χ2v) is 3.55. The summed E-state index contributed by atoms with van der Waals surface area (Å²) in [6.07, 6.45) is 3.67. The molecule has 0 radical (unpaired) electrons. The van der Waals surface area contributed by atoms with Crippen LogP contribution >= 0.6 is 12.4 Å². The SMILES string of the molecule is C=C(C)CCN(CCC)CCC.Cl. The van der Waals surface area contributed by atoms with Crippen molar-refractivity contribution >= 4 is 12.4 Å². The van der Waals surface area contributed by atoms with Crippen LogP contribution in [0.5, 0.6) is 0 Å². The lowest BCUT2D eigenvalue weighted by Gasteiger charge is -2.20. The van der Waals surface area contributed by atoms with Crippen molar-refractivity contribution in [1.29, 1.82) is 0 Å². The predicted octanol–water partition coefficient (Wildman–Crippen LogP) is 3.50. The van der Waals surface area contributed by atoms with Crippen molar-refractivity contribution < 1.29 is 0 Å². The Labute approximate surface area is 89.6 Å². The first kappa shape index (κ1) is 15.5. The summed E-state index contributed by atoms with van der Waals surface area (Å²) in [4.78, 5) is 2.52. The lowest BCUT2D eigenvalue weighted by Crippen LogP contribution is -2.26. The van der Waals surface area contributed by atoms with Crippen molar-refractivity contribution in [2.45, 2.75) is 40.0 Å². The van der Waals surface area contributed by atoms with Gasteiger partial charge in [0, 0.05) is 6.54 Å². The van der Waals surface area contributed by atoms with Crippen LogP contribution in [0.4, 0.5) is 0 Å². The van der Waals surface area contributed by atoms with Crippen molar-refractivity contribution in [1.82, 2.24) is 4.90 Å². The highest BCUT2D eigenvalue weighted by Crippen LogP contribution is 2.01. The van der Waals surface area contributed by atoms with Crippen LogP contribution in [0, 0.1) is 0 Å². The van der Waals surface area contributed by atoms with E-state index in [1.165, 1.54) is 38.0 Å². The molecule has 0 spiro atoms. The lowest BCUT2D eigenvalue weighted by atomic mass is 10.2. The maximum absolute atomic E-state index is 3.92. The summed E-state index contributed by atoms with van der Waals surface area (Å²) in [6, 6.07) is 0. The molecule has 0 aliphatic heterocycles. The molecule has 0 atom stereocenters. The van der Waals surface area contributed by atoms with Gasteiger partial charge in [0.1, 0.15) is 0 Å². The zero-order chi connectivity index (χ0) is 9.40. The van der Waals surface area contributed by atoms with Crippen molar-refractivity contribution in [2.24, 2.45) is 0 Å². The molecule has 1 nitrogen and oxygen atoms in total. The molecule has 0 unspecified atom stereocenters. The Bertz CT molecular complexity index is 117. The van der Waals surface area contributed by atoms with Gasteiger partial charge in [-0.3, -0.25) is 0 Å². The van der Waals surface area contributed by atoms with Gasteiger partial charge in [-0.05, 0) is 39.3 Å². The van der Waals surface area contributed by atoms with Crippen molar-refractivity contribution in [3.05, 3.63) is 12.2 Å². The minimum Gasteiger partial charge on any atom is -0.303 e. The largest absolute Gasteiger partial charge is 0.303 e. The van der Waals surface area contributed by atoms with Crippen molar-refractivity contribution in [2.75, 3.05) is 19.6 Å². The summed E-state index contributed by atoms with van der Waals surface area (Å²) in [7, 11) is 0. The number of hydrogen-bond acceptors (Lipinski definition) is 1. The smallest absolute Gasteiger partial charge is 0.00184 e. The van der Waals surface area contributed by atoms with Gasteiger partial charge in [0.2, 0.25) is 0 Å². The third kappa shape index (κ3) is 9.91. The molecule has 0 aliphatic carbocycles. The van der Waals surface area contributed by atoms with E-state index in [0.29, 0.717) is 0 Å². The van der Waals surface area contributed by atoms with Gasteiger partial charge in [0.25, 0.3) is 0 Å². The normalized spacial score (nSPS) is 9.85. The molecule has 2 heteroatoms. The fourth-order valence-corrected chi connectivity index (χ4v) is 1.32. The minimum absolute atomic E-state index is 0. The minimum atomic E-state index is 0. The van der Waals surface area contributed by atoms with E-state index in [0.717, 1.165) is 6.42 Å². The summed E-state index contributed by atoms with van der Waals surface area (Å²) >= 11 is 0. The summed E-state index contributed by atoms with van der Waals surface area (Å²) in [5.74, 6) is 0. The zero-order valence-electron chi connectivity index (χ0n) is 9.31. The molecule has 80 valence electrons. The summed E-state index contributed by atoms with van der Waals surface area (Å²) in [6.45, 7) is 14.2. The third-order valence-electron chi connectivity index (χ3n) is 1.93. The number of hydrogen-bond donors (Lipinski definition) is 0. The van der Waals surface area contributed by atoms with Crippen LogP contribution in [0.2, 0.25) is 0 Å². The molecule has 0 N–H and O–H groups in total. The number of nitrogens with zero attached hydrogens (tertiary/aromatic N) is 1. The molecular weight excluding hydrogens is 182 g/mol. The topological polar surface area (TPSA) is 3.24 Å². The van der Waals surface area contributed by atoms with E-state index in [1.807, 2.05) is 0 Å². The van der Waals surface area contributed by atoms with E-state index in [-0.39, 0.29) is 12.4 Å². The van der Waals surface area contributed by atoms with E-state index in [2.05, 4.69) is 32.3 Å². The van der Waals surface area contributed by atoms with Crippen molar-refractivity contribution in [3.8, 4) is 0 Å². The Morgan fingerprint density at radius 3 is 1.85 bits per heavy atom. The summed E-state index contributed by atoms with van der Waals surface area (Å²) in [5, 5.41) is 0. The summed E-state index contributed by atoms with van der Waals surface area (Å²) < 4.78 is 0. The first-order valence-corrected chi connectivity index (χ1v) is 5.07. The molecule has 0 aromatic carbocycles. The van der Waals surface area contributed by atoms with Crippen LogP contribution in [0.15, 0.2) is 12.2 Å². The van der Waals surface area contributed by atoms with Crippen LogP contribution in [0.1, 0.15) is 40.0 Å². The fourth-order valence-electron chi connectivity index (χ4n) is 1.32. The molecule has 0 heterocycles. The van der Waals surface area contributed by atoms with Crippen LogP contribution in [0.25, 0.3) is 0 Å². The van der Waals surface area contributed by atoms with Crippen LogP contribution < -0.4 is 0 Å². The molecule has 13 heavy (non-hydrogen) atoms. The third-order valence-corrected chi connectivity index (χ3v) is 1.93. The molecule has 0 fully saturated rings. The highest BCUT2D eigenvalue weighted by Gasteiger charge is 2.00. The molecule has 0 aliphatic rings. The van der Waals surface area contributed by atoms with Gasteiger partial charge < -0.3 is 4.90 Å². The van der Waals surface area contributed by atoms with Gasteiger partial charge in [-0.25, -0.2) is 0 Å². The van der Waals surface area contributed by atoms with Gasteiger partial charge in [-0.2, -0.15) is 0 Å². The fraction of sp³-hybridized carbons (Fsp3) is 0.818. The van der Waals surface area contributed by atoms with Gasteiger partial charge >= 0.3 is 0 Å². The van der Waals surface area contributed by atoms with Gasteiger partial charge in [0.05, 0.1) is 0 Å². The molecule has 0 amide bonds. The Balaban J connectivity index is 0.